The average molecular weight is 501 g/mol. The molecule has 0 aromatic carbocycles. The number of carboxylic acids is 1. The number of hydrogen-bond donors (Lipinski definition) is 2. The summed E-state index contributed by atoms with van der Waals surface area (Å²) in [5, 5.41) is 16.2. The summed E-state index contributed by atoms with van der Waals surface area (Å²) in [5.41, 5.74) is 2.66. The summed E-state index contributed by atoms with van der Waals surface area (Å²) < 4.78 is 0. The highest BCUT2D eigenvalue weighted by Crippen LogP contribution is 2.66. The molecule has 0 unspecified atom stereocenters. The van der Waals surface area contributed by atoms with Crippen LogP contribution >= 0.6 is 0 Å². The first kappa shape index (κ1) is 26.9. The number of fused-ring (bicyclic) bond motifs is 5. The zero-order valence-electron chi connectivity index (χ0n) is 22.6. The fraction of sp³-hybridized carbons (Fsp3) is 0.793. The number of carbonyl (C=O) groups is 3. The van der Waals surface area contributed by atoms with Gasteiger partial charge in [0.25, 0.3) is 5.91 Å². The van der Waals surface area contributed by atoms with Gasteiger partial charge < -0.3 is 15.3 Å². The molecule has 0 aliphatic heterocycles. The Morgan fingerprint density at radius 1 is 1.14 bits per heavy atom. The third-order valence-electron chi connectivity index (χ3n) is 10.6. The third kappa shape index (κ3) is 4.74. The van der Waals surface area contributed by atoms with Crippen LogP contribution in [-0.4, -0.2) is 41.1 Å². The molecule has 36 heavy (non-hydrogen) atoms. The fourth-order valence-electron chi connectivity index (χ4n) is 8.38. The van der Waals surface area contributed by atoms with Gasteiger partial charge in [-0.25, -0.2) is 4.79 Å². The number of hydrogen-bond acceptors (Lipinski definition) is 5. The van der Waals surface area contributed by atoms with Crippen LogP contribution in [0, 0.1) is 40.4 Å². The van der Waals surface area contributed by atoms with Crippen molar-refractivity contribution in [3.63, 3.8) is 0 Å². The monoisotopic (exact) mass is 500 g/mol. The molecule has 0 saturated heterocycles. The van der Waals surface area contributed by atoms with E-state index in [0.29, 0.717) is 30.0 Å². The van der Waals surface area contributed by atoms with Gasteiger partial charge >= 0.3 is 5.97 Å². The van der Waals surface area contributed by atoms with E-state index in [1.54, 1.807) is 13.8 Å². The second-order valence-electron chi connectivity index (χ2n) is 12.4. The predicted molar refractivity (Wildman–Crippen MR) is 138 cm³/mol. The van der Waals surface area contributed by atoms with Crippen molar-refractivity contribution in [3.05, 3.63) is 11.6 Å². The first-order valence-corrected chi connectivity index (χ1v) is 13.9. The Balaban J connectivity index is 1.39. The van der Waals surface area contributed by atoms with Crippen LogP contribution in [0.15, 0.2) is 16.8 Å². The molecule has 200 valence electrons. The van der Waals surface area contributed by atoms with Crippen LogP contribution in [0.4, 0.5) is 0 Å². The zero-order valence-corrected chi connectivity index (χ0v) is 22.6. The van der Waals surface area contributed by atoms with Crippen molar-refractivity contribution >= 4 is 23.4 Å². The van der Waals surface area contributed by atoms with Crippen molar-refractivity contribution in [2.24, 2.45) is 45.6 Å². The van der Waals surface area contributed by atoms with Crippen LogP contribution in [0.25, 0.3) is 0 Å². The third-order valence-corrected chi connectivity index (χ3v) is 10.6. The van der Waals surface area contributed by atoms with E-state index in [1.807, 2.05) is 6.92 Å². The van der Waals surface area contributed by atoms with Gasteiger partial charge in [0, 0.05) is 5.92 Å². The second-order valence-corrected chi connectivity index (χ2v) is 12.4. The number of nitrogens with one attached hydrogen (secondary N) is 1. The van der Waals surface area contributed by atoms with Crippen molar-refractivity contribution in [3.8, 4) is 0 Å². The molecule has 7 nitrogen and oxygen atoms in total. The molecule has 4 aliphatic carbocycles. The Morgan fingerprint density at radius 2 is 1.89 bits per heavy atom. The highest BCUT2D eigenvalue weighted by Gasteiger charge is 2.59. The summed E-state index contributed by atoms with van der Waals surface area (Å²) in [6.45, 7) is 10.0. The predicted octanol–water partition coefficient (Wildman–Crippen LogP) is 5.14. The fourth-order valence-corrected chi connectivity index (χ4v) is 8.38. The molecule has 4 rings (SSSR count). The smallest absolute Gasteiger partial charge is 0.326 e. The van der Waals surface area contributed by atoms with Gasteiger partial charge in [0.15, 0.2) is 6.61 Å². The standard InChI is InChI=1S/C29H44N2O5/c1-6-17(2)26(27(34)35)30-25(33)16-36-31-20-11-13-28(4)19(15-20)7-8-21-23-10-9-22(18(3)32)29(23,5)14-12-24(21)28/h15,17,21-24,26H,6-14,16H2,1-5H3,(H,30,33)(H,34,35)/t17-,21-,22+,23-,24-,26-,28-,29+/m0/s1. The van der Waals surface area contributed by atoms with Crippen molar-refractivity contribution in [2.45, 2.75) is 98.4 Å². The topological polar surface area (TPSA) is 105 Å². The molecule has 0 heterocycles. The molecule has 0 bridgehead atoms. The molecule has 8 atom stereocenters. The number of allylic oxidation sites excluding steroid dienone is 2. The number of rotatable bonds is 8. The Bertz CT molecular complexity index is 957. The van der Waals surface area contributed by atoms with E-state index in [1.165, 1.54) is 24.8 Å². The molecule has 0 radical (unpaired) electrons. The number of carboxylic acid groups (broad SMARTS) is 1. The first-order chi connectivity index (χ1) is 17.0. The van der Waals surface area contributed by atoms with Gasteiger partial charge in [-0.05, 0) is 98.9 Å². The van der Waals surface area contributed by atoms with Gasteiger partial charge in [-0.1, -0.05) is 44.8 Å². The molecular weight excluding hydrogens is 456 g/mol. The molecular formula is C29H44N2O5. The minimum Gasteiger partial charge on any atom is -0.480 e. The summed E-state index contributed by atoms with van der Waals surface area (Å²) in [4.78, 5) is 41.4. The van der Waals surface area contributed by atoms with Crippen molar-refractivity contribution in [2.75, 3.05) is 6.61 Å². The molecule has 3 fully saturated rings. The number of ketones is 1. The highest BCUT2D eigenvalue weighted by molar-refractivity contribution is 5.96. The lowest BCUT2D eigenvalue weighted by Crippen LogP contribution is -2.51. The van der Waals surface area contributed by atoms with Crippen LogP contribution in [0.1, 0.15) is 92.4 Å². The first-order valence-electron chi connectivity index (χ1n) is 13.9. The molecule has 2 N–H and O–H groups in total. The Kier molecular flexibility index (Phi) is 7.68. The van der Waals surface area contributed by atoms with Crippen LogP contribution in [0.2, 0.25) is 0 Å². The zero-order chi connectivity index (χ0) is 26.3. The summed E-state index contributed by atoms with van der Waals surface area (Å²) in [6.07, 6.45) is 11.5. The van der Waals surface area contributed by atoms with Gasteiger partial charge in [-0.2, -0.15) is 0 Å². The van der Waals surface area contributed by atoms with Crippen LogP contribution < -0.4 is 5.32 Å². The van der Waals surface area contributed by atoms with E-state index in [0.717, 1.165) is 37.8 Å². The van der Waals surface area contributed by atoms with Gasteiger partial charge in [0.1, 0.15) is 11.8 Å². The van der Waals surface area contributed by atoms with E-state index >= 15 is 0 Å². The molecule has 3 saturated carbocycles. The SMILES string of the molecule is CC[C@H](C)[C@H](NC(=O)CON=C1C=C2CC[C@H]3[C@@H]4CC[C@H](C(C)=O)[C@@]4(C)CC[C@@H]3[C@@]2(C)CC1)C(=O)O. The summed E-state index contributed by atoms with van der Waals surface area (Å²) in [7, 11) is 0. The number of amides is 1. The molecule has 0 spiro atoms. The maximum absolute atomic E-state index is 12.4. The van der Waals surface area contributed by atoms with Gasteiger partial charge in [-0.15, -0.1) is 0 Å². The molecule has 0 aromatic heterocycles. The van der Waals surface area contributed by atoms with Gasteiger partial charge in [0.05, 0.1) is 5.71 Å². The minimum atomic E-state index is -1.03. The van der Waals surface area contributed by atoms with Gasteiger partial charge in [0.2, 0.25) is 0 Å². The van der Waals surface area contributed by atoms with Crippen molar-refractivity contribution < 1.29 is 24.3 Å². The number of oxime groups is 1. The maximum Gasteiger partial charge on any atom is 0.326 e. The second kappa shape index (κ2) is 10.3. The molecule has 4 aliphatic rings. The lowest BCUT2D eigenvalue weighted by molar-refractivity contribution is -0.144. The van der Waals surface area contributed by atoms with Gasteiger partial charge in [-0.3, -0.25) is 9.59 Å². The number of nitrogens with zero attached hydrogens (tertiary/aromatic N) is 1. The highest BCUT2D eigenvalue weighted by atomic mass is 16.6. The summed E-state index contributed by atoms with van der Waals surface area (Å²) in [6, 6.07) is -0.922. The van der Waals surface area contributed by atoms with Crippen molar-refractivity contribution in [1.29, 1.82) is 0 Å². The van der Waals surface area contributed by atoms with Crippen LogP contribution in [0.5, 0.6) is 0 Å². The minimum absolute atomic E-state index is 0.163. The summed E-state index contributed by atoms with van der Waals surface area (Å²) >= 11 is 0. The molecule has 1 amide bonds. The van der Waals surface area contributed by atoms with Crippen LogP contribution in [0.3, 0.4) is 0 Å². The van der Waals surface area contributed by atoms with E-state index < -0.39 is 17.9 Å². The van der Waals surface area contributed by atoms with E-state index in [2.05, 4.69) is 30.4 Å². The molecule has 0 aromatic rings. The van der Waals surface area contributed by atoms with E-state index in [9.17, 15) is 19.5 Å². The summed E-state index contributed by atoms with van der Waals surface area (Å²) in [5.74, 6) is 0.967. The number of Topliss-reactive ketones (excluding diaryl/α,β-unsaturated/α-hetero) is 1. The van der Waals surface area contributed by atoms with E-state index in [4.69, 9.17) is 4.84 Å². The normalized spacial score (nSPS) is 38.1. The average Bonchev–Trinajstić information content (AvgIpc) is 3.19. The quantitative estimate of drug-likeness (QED) is 0.449. The Labute approximate surface area is 215 Å². The Morgan fingerprint density at radius 3 is 2.56 bits per heavy atom. The van der Waals surface area contributed by atoms with Crippen molar-refractivity contribution in [1.82, 2.24) is 5.32 Å². The number of aliphatic carboxylic acids is 1. The van der Waals surface area contributed by atoms with E-state index in [-0.39, 0.29) is 29.3 Å². The Hall–Kier alpha value is -2.18. The number of carbonyl (C=O) groups excluding carboxylic acids is 2. The maximum atomic E-state index is 12.4. The lowest BCUT2D eigenvalue weighted by atomic mass is 9.46. The van der Waals surface area contributed by atoms with Crippen LogP contribution in [-0.2, 0) is 19.2 Å². The lowest BCUT2D eigenvalue weighted by Gasteiger charge is -2.58. The largest absolute Gasteiger partial charge is 0.480 e. The molecule has 7 heteroatoms.